The lowest BCUT2D eigenvalue weighted by atomic mass is 10.2. The van der Waals surface area contributed by atoms with E-state index in [1.165, 1.54) is 0 Å². The van der Waals surface area contributed by atoms with Crippen LogP contribution in [0.3, 0.4) is 0 Å². The highest BCUT2D eigenvalue weighted by Crippen LogP contribution is 2.27. The van der Waals surface area contributed by atoms with Crippen molar-refractivity contribution < 1.29 is 14.2 Å². The summed E-state index contributed by atoms with van der Waals surface area (Å²) in [6.07, 6.45) is 1.54. The van der Waals surface area contributed by atoms with E-state index in [1.807, 2.05) is 24.3 Å². The Balaban J connectivity index is 1.77. The largest absolute Gasteiger partial charge is 0.493 e. The van der Waals surface area contributed by atoms with Gasteiger partial charge >= 0.3 is 0 Å². The molecule has 0 unspecified atom stereocenters. The summed E-state index contributed by atoms with van der Waals surface area (Å²) in [5.74, 6) is 0.759. The molecule has 0 N–H and O–H groups in total. The molecule has 0 saturated carbocycles. The summed E-state index contributed by atoms with van der Waals surface area (Å²) < 4.78 is 16.5. The summed E-state index contributed by atoms with van der Waals surface area (Å²) in [5, 5.41) is 0. The van der Waals surface area contributed by atoms with Crippen LogP contribution in [0.2, 0.25) is 0 Å². The first kappa shape index (κ1) is 13.9. The van der Waals surface area contributed by atoms with E-state index in [1.54, 1.807) is 0 Å². The zero-order valence-corrected chi connectivity index (χ0v) is 11.5. The molecule has 18 heavy (non-hydrogen) atoms. The number of halogens is 2. The van der Waals surface area contributed by atoms with Crippen LogP contribution in [-0.4, -0.2) is 26.1 Å². The first-order valence-corrected chi connectivity index (χ1v) is 6.87. The molecule has 1 saturated heterocycles. The molecule has 0 aromatic heterocycles. The van der Waals surface area contributed by atoms with Crippen molar-refractivity contribution in [2.24, 2.45) is 0 Å². The third-order valence-electron chi connectivity index (χ3n) is 2.63. The Morgan fingerprint density at radius 1 is 1.28 bits per heavy atom. The summed E-state index contributed by atoms with van der Waals surface area (Å²) in [6, 6.07) is 7.45. The number of ether oxygens (including phenoxy) is 3. The second-order valence-corrected chi connectivity index (χ2v) is 5.13. The van der Waals surface area contributed by atoms with E-state index in [-0.39, 0.29) is 6.29 Å². The Morgan fingerprint density at radius 3 is 2.78 bits per heavy atom. The van der Waals surface area contributed by atoms with Crippen molar-refractivity contribution in [2.75, 3.05) is 19.8 Å². The zero-order chi connectivity index (χ0) is 12.8. The van der Waals surface area contributed by atoms with Gasteiger partial charge in [0, 0.05) is 6.42 Å². The number of alkyl halides is 2. The van der Waals surface area contributed by atoms with Gasteiger partial charge in [0.25, 0.3) is 0 Å². The summed E-state index contributed by atoms with van der Waals surface area (Å²) in [6.45, 7) is 2.07. The van der Waals surface area contributed by atoms with Crippen LogP contribution in [-0.2, 0) is 9.47 Å². The molecule has 100 valence electrons. The van der Waals surface area contributed by atoms with Crippen molar-refractivity contribution in [3.8, 4) is 5.75 Å². The van der Waals surface area contributed by atoms with Gasteiger partial charge in [-0.25, -0.2) is 0 Å². The summed E-state index contributed by atoms with van der Waals surface area (Å²) in [4.78, 5) is -0.529. The van der Waals surface area contributed by atoms with Gasteiger partial charge in [0.2, 0.25) is 0 Å². The monoisotopic (exact) mass is 290 g/mol. The fourth-order valence-electron chi connectivity index (χ4n) is 1.72. The first-order valence-electron chi connectivity index (χ1n) is 6.00. The highest BCUT2D eigenvalue weighted by Gasteiger charge is 2.14. The highest BCUT2D eigenvalue weighted by molar-refractivity contribution is 6.44. The minimum atomic E-state index is -0.529. The summed E-state index contributed by atoms with van der Waals surface area (Å²) in [5.41, 5.74) is 0.834. The van der Waals surface area contributed by atoms with E-state index in [9.17, 15) is 0 Å². The molecule has 1 heterocycles. The predicted molar refractivity (Wildman–Crippen MR) is 71.3 cm³/mol. The van der Waals surface area contributed by atoms with Gasteiger partial charge in [-0.1, -0.05) is 12.1 Å². The van der Waals surface area contributed by atoms with Crippen molar-refractivity contribution >= 4 is 23.2 Å². The minimum Gasteiger partial charge on any atom is -0.493 e. The number of benzene rings is 1. The average Bonchev–Trinajstić information content (AvgIpc) is 2.40. The van der Waals surface area contributed by atoms with Gasteiger partial charge in [-0.15, -0.1) is 23.2 Å². The maximum Gasteiger partial charge on any atom is 0.160 e. The standard InChI is InChI=1S/C13H16Cl2O3/c14-13(15)10-3-1-4-11(9-10)16-8-5-12-17-6-2-7-18-12/h1,3-4,9,12-13H,2,5-8H2. The van der Waals surface area contributed by atoms with Crippen LogP contribution in [0.15, 0.2) is 24.3 Å². The molecule has 0 spiro atoms. The van der Waals surface area contributed by atoms with Crippen molar-refractivity contribution in [3.05, 3.63) is 29.8 Å². The normalized spacial score (nSPS) is 17.1. The first-order chi connectivity index (χ1) is 8.75. The van der Waals surface area contributed by atoms with E-state index < -0.39 is 4.84 Å². The summed E-state index contributed by atoms with van der Waals surface area (Å²) >= 11 is 11.6. The molecular weight excluding hydrogens is 275 g/mol. The van der Waals surface area contributed by atoms with Crippen molar-refractivity contribution in [1.82, 2.24) is 0 Å². The fourth-order valence-corrected chi connectivity index (χ4v) is 1.99. The highest BCUT2D eigenvalue weighted by atomic mass is 35.5. The Labute approximate surface area is 117 Å². The molecule has 0 atom stereocenters. The Bertz CT molecular complexity index is 365. The molecule has 0 radical (unpaired) electrons. The van der Waals surface area contributed by atoms with Crippen molar-refractivity contribution in [2.45, 2.75) is 24.0 Å². The van der Waals surface area contributed by atoms with Gasteiger partial charge in [0.05, 0.1) is 19.8 Å². The van der Waals surface area contributed by atoms with E-state index in [0.29, 0.717) is 6.61 Å². The molecule has 1 aromatic carbocycles. The Kier molecular flexibility index (Phi) is 5.57. The maximum atomic E-state index is 5.80. The molecule has 1 aromatic rings. The lowest BCUT2D eigenvalue weighted by molar-refractivity contribution is -0.183. The molecule has 1 aliphatic rings. The smallest absolute Gasteiger partial charge is 0.160 e. The topological polar surface area (TPSA) is 27.7 Å². The molecule has 1 fully saturated rings. The maximum absolute atomic E-state index is 5.80. The summed E-state index contributed by atoms with van der Waals surface area (Å²) in [7, 11) is 0. The van der Waals surface area contributed by atoms with Gasteiger partial charge in [0.1, 0.15) is 10.6 Å². The molecule has 1 aliphatic heterocycles. The van der Waals surface area contributed by atoms with Crippen molar-refractivity contribution in [3.63, 3.8) is 0 Å². The Hall–Kier alpha value is -0.480. The second-order valence-electron chi connectivity index (χ2n) is 4.04. The fraction of sp³-hybridized carbons (Fsp3) is 0.538. The SMILES string of the molecule is ClC(Cl)c1cccc(OCCC2OCCCO2)c1. The lowest BCUT2D eigenvalue weighted by Gasteiger charge is -2.23. The van der Waals surface area contributed by atoms with Gasteiger partial charge < -0.3 is 14.2 Å². The van der Waals surface area contributed by atoms with E-state index in [2.05, 4.69) is 0 Å². The predicted octanol–water partition coefficient (Wildman–Crippen LogP) is 3.69. The quantitative estimate of drug-likeness (QED) is 0.774. The third kappa shape index (κ3) is 4.32. The van der Waals surface area contributed by atoms with Crippen LogP contribution in [0.25, 0.3) is 0 Å². The van der Waals surface area contributed by atoms with Crippen LogP contribution in [0.1, 0.15) is 23.2 Å². The molecule has 5 heteroatoms. The van der Waals surface area contributed by atoms with Gasteiger partial charge in [0.15, 0.2) is 6.29 Å². The molecule has 0 amide bonds. The van der Waals surface area contributed by atoms with Crippen molar-refractivity contribution in [1.29, 1.82) is 0 Å². The molecular formula is C13H16Cl2O3. The number of rotatable bonds is 5. The lowest BCUT2D eigenvalue weighted by Crippen LogP contribution is -2.26. The number of hydrogen-bond acceptors (Lipinski definition) is 3. The van der Waals surface area contributed by atoms with Gasteiger partial charge in [-0.05, 0) is 24.1 Å². The van der Waals surface area contributed by atoms with E-state index >= 15 is 0 Å². The van der Waals surface area contributed by atoms with E-state index in [4.69, 9.17) is 37.4 Å². The molecule has 0 bridgehead atoms. The number of hydrogen-bond donors (Lipinski definition) is 0. The average molecular weight is 291 g/mol. The molecule has 0 aliphatic carbocycles. The van der Waals surface area contributed by atoms with Crippen LogP contribution in [0.4, 0.5) is 0 Å². The van der Waals surface area contributed by atoms with Crippen LogP contribution >= 0.6 is 23.2 Å². The van der Waals surface area contributed by atoms with Gasteiger partial charge in [-0.2, -0.15) is 0 Å². The molecule has 2 rings (SSSR count). The minimum absolute atomic E-state index is 0.143. The third-order valence-corrected chi connectivity index (χ3v) is 3.13. The Morgan fingerprint density at radius 2 is 2.06 bits per heavy atom. The molecule has 3 nitrogen and oxygen atoms in total. The zero-order valence-electron chi connectivity index (χ0n) is 9.98. The van der Waals surface area contributed by atoms with E-state index in [0.717, 1.165) is 37.4 Å². The van der Waals surface area contributed by atoms with Gasteiger partial charge in [-0.3, -0.25) is 0 Å². The van der Waals surface area contributed by atoms with Crippen LogP contribution < -0.4 is 4.74 Å². The second kappa shape index (κ2) is 7.19. The van der Waals surface area contributed by atoms with Crippen LogP contribution in [0, 0.1) is 0 Å². The van der Waals surface area contributed by atoms with Crippen LogP contribution in [0.5, 0.6) is 5.75 Å².